The molecule has 1 heterocycles. The van der Waals surface area contributed by atoms with Crippen molar-refractivity contribution in [1.29, 1.82) is 5.26 Å². The van der Waals surface area contributed by atoms with Crippen molar-refractivity contribution in [3.05, 3.63) is 53.6 Å². The van der Waals surface area contributed by atoms with Crippen molar-refractivity contribution in [2.75, 3.05) is 33.9 Å². The van der Waals surface area contributed by atoms with E-state index in [1.807, 2.05) is 60.5 Å². The van der Waals surface area contributed by atoms with E-state index in [-0.39, 0.29) is 18.4 Å². The van der Waals surface area contributed by atoms with E-state index in [0.717, 1.165) is 23.2 Å². The lowest BCUT2D eigenvalue weighted by atomic mass is 9.99. The number of benzene rings is 2. The second kappa shape index (κ2) is 12.1. The molecule has 2 aromatic rings. The highest BCUT2D eigenvalue weighted by molar-refractivity contribution is 5.85. The highest BCUT2D eigenvalue weighted by Crippen LogP contribution is 2.28. The molecule has 0 aromatic heterocycles. The fourth-order valence-corrected chi connectivity index (χ4v) is 4.42. The molecule has 2 aromatic carbocycles. The molecule has 8 nitrogen and oxygen atoms in total. The molecule has 0 saturated carbocycles. The molecule has 0 spiro atoms. The molecule has 186 valence electrons. The number of nitrogens with one attached hydrogen (secondary N) is 1. The van der Waals surface area contributed by atoms with Crippen molar-refractivity contribution in [3.63, 3.8) is 0 Å². The second-order valence-corrected chi connectivity index (χ2v) is 9.14. The Morgan fingerprint density at radius 1 is 1.17 bits per heavy atom. The van der Waals surface area contributed by atoms with Crippen LogP contribution < -0.4 is 14.8 Å². The lowest BCUT2D eigenvalue weighted by Crippen LogP contribution is -2.58. The first-order valence-electron chi connectivity index (χ1n) is 11.9. The number of methoxy groups -OCH3 is 2. The Kier molecular flexibility index (Phi) is 8.96. The first-order valence-corrected chi connectivity index (χ1v) is 11.9. The molecule has 0 radical (unpaired) electrons. The summed E-state index contributed by atoms with van der Waals surface area (Å²) in [5.41, 5.74) is 2.73. The molecule has 1 fully saturated rings. The van der Waals surface area contributed by atoms with Crippen LogP contribution in [0.3, 0.4) is 0 Å². The molecule has 1 atom stereocenters. The van der Waals surface area contributed by atoms with Gasteiger partial charge in [0.1, 0.15) is 0 Å². The first-order chi connectivity index (χ1) is 16.9. The van der Waals surface area contributed by atoms with Gasteiger partial charge in [0.25, 0.3) is 0 Å². The van der Waals surface area contributed by atoms with Crippen LogP contribution in [0.4, 0.5) is 5.69 Å². The van der Waals surface area contributed by atoms with Crippen LogP contribution in [0.1, 0.15) is 31.4 Å². The zero-order valence-electron chi connectivity index (χ0n) is 21.2. The van der Waals surface area contributed by atoms with Crippen LogP contribution in [0, 0.1) is 24.3 Å². The van der Waals surface area contributed by atoms with Crippen LogP contribution in [-0.4, -0.2) is 61.6 Å². The first kappa shape index (κ1) is 25.9. The molecule has 1 amide bonds. The number of amides is 1. The van der Waals surface area contributed by atoms with Gasteiger partial charge in [-0.2, -0.15) is 5.26 Å². The summed E-state index contributed by atoms with van der Waals surface area (Å²) in [4.78, 5) is 22.2. The highest BCUT2D eigenvalue weighted by Gasteiger charge is 2.32. The summed E-state index contributed by atoms with van der Waals surface area (Å²) in [6.45, 7) is 8.07. The number of nitriles is 1. The fraction of sp³-hybridized carbons (Fsp3) is 0.444. The topological polar surface area (TPSA) is 90.2 Å². The number of hydrogen-bond acceptors (Lipinski definition) is 5. The van der Waals surface area contributed by atoms with Gasteiger partial charge in [-0.15, -0.1) is 0 Å². The number of nitrogens with zero attached hydrogens (tertiary/aromatic N) is 4. The monoisotopic (exact) mass is 477 g/mol. The van der Waals surface area contributed by atoms with E-state index in [1.165, 1.54) is 0 Å². The Morgan fingerprint density at radius 3 is 2.57 bits per heavy atom. The van der Waals surface area contributed by atoms with Crippen LogP contribution in [-0.2, 0) is 11.2 Å². The van der Waals surface area contributed by atoms with E-state index < -0.39 is 0 Å². The average molecular weight is 478 g/mol. The van der Waals surface area contributed by atoms with Gasteiger partial charge in [-0.1, -0.05) is 38.1 Å². The Balaban J connectivity index is 1.80. The number of piperazine rings is 1. The molecular weight excluding hydrogens is 442 g/mol. The lowest BCUT2D eigenvalue weighted by molar-refractivity contribution is -0.135. The molecular formula is C27H35N5O3. The molecule has 8 heteroatoms. The maximum atomic E-state index is 13.4. The van der Waals surface area contributed by atoms with Gasteiger partial charge < -0.3 is 19.3 Å². The number of hydrogen-bond donors (Lipinski definition) is 1. The third-order valence-corrected chi connectivity index (χ3v) is 6.16. The SMILES string of the molecule is COc1ccc(CC(=O)N2CCN(C(=Nc3ccccc3C)NC#N)CC2CC(C)C)cc1OC. The van der Waals surface area contributed by atoms with Gasteiger partial charge in [0.15, 0.2) is 17.7 Å². The summed E-state index contributed by atoms with van der Waals surface area (Å²) in [5, 5.41) is 12.1. The van der Waals surface area contributed by atoms with Crippen molar-refractivity contribution >= 4 is 17.6 Å². The largest absolute Gasteiger partial charge is 0.493 e. The van der Waals surface area contributed by atoms with E-state index in [9.17, 15) is 10.1 Å². The average Bonchev–Trinajstić information content (AvgIpc) is 2.84. The Morgan fingerprint density at radius 2 is 1.91 bits per heavy atom. The van der Waals surface area contributed by atoms with Crippen LogP contribution in [0.2, 0.25) is 0 Å². The smallest absolute Gasteiger partial charge is 0.227 e. The van der Waals surface area contributed by atoms with Crippen molar-refractivity contribution < 1.29 is 14.3 Å². The van der Waals surface area contributed by atoms with Gasteiger partial charge in [-0.25, -0.2) is 4.99 Å². The minimum atomic E-state index is 0.0129. The predicted molar refractivity (Wildman–Crippen MR) is 137 cm³/mol. The third-order valence-electron chi connectivity index (χ3n) is 6.16. The van der Waals surface area contributed by atoms with Gasteiger partial charge in [0.05, 0.1) is 26.3 Å². The minimum Gasteiger partial charge on any atom is -0.493 e. The molecule has 1 saturated heterocycles. The van der Waals surface area contributed by atoms with Crippen molar-refractivity contribution in [2.24, 2.45) is 10.9 Å². The van der Waals surface area contributed by atoms with E-state index >= 15 is 0 Å². The third kappa shape index (κ3) is 6.66. The van der Waals surface area contributed by atoms with Gasteiger partial charge in [0, 0.05) is 25.7 Å². The molecule has 1 N–H and O–H groups in total. The molecule has 0 aliphatic carbocycles. The number of carbonyl (C=O) groups excluding carboxylic acids is 1. The van der Waals surface area contributed by atoms with E-state index in [1.54, 1.807) is 14.2 Å². The van der Waals surface area contributed by atoms with Gasteiger partial charge in [-0.3, -0.25) is 10.1 Å². The Hall–Kier alpha value is -3.73. The zero-order chi connectivity index (χ0) is 25.4. The van der Waals surface area contributed by atoms with Crippen LogP contribution in [0.5, 0.6) is 11.5 Å². The normalized spacial score (nSPS) is 16.1. The summed E-state index contributed by atoms with van der Waals surface area (Å²) in [5.74, 6) is 2.26. The number of para-hydroxylation sites is 1. The number of aliphatic imine (C=N–C) groups is 1. The van der Waals surface area contributed by atoms with Gasteiger partial charge in [-0.05, 0) is 48.6 Å². The van der Waals surface area contributed by atoms with Crippen molar-refractivity contribution in [3.8, 4) is 17.7 Å². The molecule has 0 bridgehead atoms. The molecule has 3 rings (SSSR count). The number of ether oxygens (including phenoxy) is 2. The van der Waals surface area contributed by atoms with E-state index in [0.29, 0.717) is 43.0 Å². The summed E-state index contributed by atoms with van der Waals surface area (Å²) in [6, 6.07) is 13.4. The second-order valence-electron chi connectivity index (χ2n) is 9.14. The van der Waals surface area contributed by atoms with Crippen molar-refractivity contribution in [1.82, 2.24) is 15.1 Å². The number of guanidine groups is 1. The number of rotatable bonds is 7. The maximum Gasteiger partial charge on any atom is 0.227 e. The zero-order valence-corrected chi connectivity index (χ0v) is 21.2. The fourth-order valence-electron chi connectivity index (χ4n) is 4.42. The highest BCUT2D eigenvalue weighted by atomic mass is 16.5. The standard InChI is InChI=1S/C27H35N5O3/c1-19(2)14-22-17-31(27(29-18-28)30-23-9-7-6-8-20(23)3)12-13-32(22)26(33)16-21-10-11-24(34-4)25(15-21)35-5/h6-11,15,19,22H,12-14,16-17H2,1-5H3,(H,29,30). The van der Waals surface area contributed by atoms with Gasteiger partial charge >= 0.3 is 0 Å². The van der Waals surface area contributed by atoms with Gasteiger partial charge in [0.2, 0.25) is 11.9 Å². The summed E-state index contributed by atoms with van der Waals surface area (Å²) in [6.07, 6.45) is 3.17. The van der Waals surface area contributed by atoms with Crippen LogP contribution >= 0.6 is 0 Å². The number of carbonyl (C=O) groups is 1. The Bertz CT molecular complexity index is 1090. The predicted octanol–water partition coefficient (Wildman–Crippen LogP) is 3.87. The number of aryl methyl sites for hydroxylation is 1. The quantitative estimate of drug-likeness (QED) is 0.282. The van der Waals surface area contributed by atoms with Crippen LogP contribution in [0.25, 0.3) is 0 Å². The van der Waals surface area contributed by atoms with Crippen LogP contribution in [0.15, 0.2) is 47.5 Å². The summed E-state index contributed by atoms with van der Waals surface area (Å²) >= 11 is 0. The maximum absolute atomic E-state index is 13.4. The minimum absolute atomic E-state index is 0.0129. The molecule has 1 aliphatic heterocycles. The molecule has 35 heavy (non-hydrogen) atoms. The van der Waals surface area contributed by atoms with E-state index in [4.69, 9.17) is 14.5 Å². The molecule has 1 unspecified atom stereocenters. The summed E-state index contributed by atoms with van der Waals surface area (Å²) in [7, 11) is 3.18. The van der Waals surface area contributed by atoms with E-state index in [2.05, 4.69) is 24.1 Å². The lowest BCUT2D eigenvalue weighted by Gasteiger charge is -2.43. The molecule has 1 aliphatic rings. The Labute approximate surface area is 208 Å². The van der Waals surface area contributed by atoms with Crippen molar-refractivity contribution in [2.45, 2.75) is 39.7 Å². The summed E-state index contributed by atoms with van der Waals surface area (Å²) < 4.78 is 10.7.